The normalized spacial score (nSPS) is 10.4. The van der Waals surface area contributed by atoms with Gasteiger partial charge in [0.2, 0.25) is 0 Å². The number of benzene rings is 1. The molecule has 0 aliphatic carbocycles. The molecule has 0 aliphatic rings. The van der Waals surface area contributed by atoms with Gasteiger partial charge in [0.25, 0.3) is 0 Å². The number of esters is 1. The van der Waals surface area contributed by atoms with Gasteiger partial charge in [0.15, 0.2) is 5.13 Å². The summed E-state index contributed by atoms with van der Waals surface area (Å²) in [6.07, 6.45) is 0. The minimum absolute atomic E-state index is 0.408. The van der Waals surface area contributed by atoms with Crippen molar-refractivity contribution in [3.63, 3.8) is 0 Å². The number of nitrogens with zero attached hydrogens (tertiary/aromatic N) is 1. The van der Waals surface area contributed by atoms with Crippen molar-refractivity contribution in [3.8, 4) is 0 Å². The second kappa shape index (κ2) is 5.99. The highest BCUT2D eigenvalue weighted by Gasteiger charge is 2.17. The van der Waals surface area contributed by atoms with Crippen LogP contribution in [0.15, 0.2) is 12.1 Å². The van der Waals surface area contributed by atoms with Crippen molar-refractivity contribution in [3.05, 3.63) is 38.3 Å². The molecular weight excluding hydrogens is 319 g/mol. The van der Waals surface area contributed by atoms with E-state index in [1.807, 2.05) is 13.0 Å². The Morgan fingerprint density at radius 2 is 2.05 bits per heavy atom. The van der Waals surface area contributed by atoms with Crippen molar-refractivity contribution in [2.75, 3.05) is 12.4 Å². The highest BCUT2D eigenvalue weighted by Crippen LogP contribution is 2.36. The molecule has 0 aliphatic heterocycles. The number of nitrogens with one attached hydrogen (secondary N) is 1. The molecule has 0 fully saturated rings. The number of aryl methyl sites for hydroxylation is 2. The SMILES string of the molecule is COC(=O)c1sc(Nc2c(Cl)ccc(C)c2Cl)nc1C. The van der Waals surface area contributed by atoms with Crippen LogP contribution in [0.25, 0.3) is 0 Å². The van der Waals surface area contributed by atoms with Crippen LogP contribution in [0.3, 0.4) is 0 Å². The zero-order chi connectivity index (χ0) is 14.9. The van der Waals surface area contributed by atoms with E-state index in [4.69, 9.17) is 27.9 Å². The van der Waals surface area contributed by atoms with Crippen LogP contribution in [0.5, 0.6) is 0 Å². The Bertz CT molecular complexity index is 671. The minimum atomic E-state index is -0.408. The van der Waals surface area contributed by atoms with Gasteiger partial charge in [0.05, 0.1) is 28.5 Å². The Morgan fingerprint density at radius 1 is 1.35 bits per heavy atom. The van der Waals surface area contributed by atoms with Crippen LogP contribution in [0, 0.1) is 13.8 Å². The molecule has 4 nitrogen and oxygen atoms in total. The lowest BCUT2D eigenvalue weighted by Gasteiger charge is -2.09. The zero-order valence-corrected chi connectivity index (χ0v) is 13.4. The molecule has 7 heteroatoms. The summed E-state index contributed by atoms with van der Waals surface area (Å²) < 4.78 is 4.70. The van der Waals surface area contributed by atoms with Gasteiger partial charge in [-0.15, -0.1) is 0 Å². The number of rotatable bonds is 3. The second-order valence-corrected chi connectivity index (χ2v) is 5.89. The predicted octanol–water partition coefficient (Wildman–Crippen LogP) is 4.60. The lowest BCUT2D eigenvalue weighted by Crippen LogP contribution is -1.99. The largest absolute Gasteiger partial charge is 0.465 e. The fourth-order valence-electron chi connectivity index (χ4n) is 1.61. The number of ether oxygens (including phenoxy) is 1. The average Bonchev–Trinajstić information content (AvgIpc) is 2.79. The Morgan fingerprint density at radius 3 is 2.70 bits per heavy atom. The Kier molecular flexibility index (Phi) is 4.52. The summed E-state index contributed by atoms with van der Waals surface area (Å²) in [6.45, 7) is 3.63. The number of carbonyl (C=O) groups is 1. The molecule has 0 radical (unpaired) electrons. The number of anilines is 2. The zero-order valence-electron chi connectivity index (χ0n) is 11.1. The lowest BCUT2D eigenvalue weighted by atomic mass is 10.2. The molecule has 0 saturated carbocycles. The summed E-state index contributed by atoms with van der Waals surface area (Å²) in [4.78, 5) is 16.3. The molecule has 1 heterocycles. The van der Waals surface area contributed by atoms with Gasteiger partial charge in [-0.2, -0.15) is 0 Å². The first-order valence-corrected chi connectivity index (χ1v) is 7.28. The summed E-state index contributed by atoms with van der Waals surface area (Å²) in [5, 5.41) is 4.62. The van der Waals surface area contributed by atoms with Crippen molar-refractivity contribution in [2.45, 2.75) is 13.8 Å². The number of halogens is 2. The molecule has 0 atom stereocenters. The van der Waals surface area contributed by atoms with Gasteiger partial charge in [-0.25, -0.2) is 9.78 Å². The molecule has 106 valence electrons. The van der Waals surface area contributed by atoms with Crippen LogP contribution >= 0.6 is 34.5 Å². The number of aromatic nitrogens is 1. The number of hydrogen-bond donors (Lipinski definition) is 1. The molecule has 0 saturated heterocycles. The molecule has 1 aromatic heterocycles. The molecule has 0 unspecified atom stereocenters. The van der Waals surface area contributed by atoms with E-state index >= 15 is 0 Å². The van der Waals surface area contributed by atoms with Crippen LogP contribution in [0.1, 0.15) is 20.9 Å². The van der Waals surface area contributed by atoms with E-state index < -0.39 is 5.97 Å². The van der Waals surface area contributed by atoms with Crippen LogP contribution < -0.4 is 5.32 Å². The first-order chi connectivity index (χ1) is 9.43. The van der Waals surface area contributed by atoms with Crippen LogP contribution in [0.4, 0.5) is 10.8 Å². The molecule has 2 rings (SSSR count). The molecule has 0 spiro atoms. The van der Waals surface area contributed by atoms with E-state index in [1.54, 1.807) is 13.0 Å². The lowest BCUT2D eigenvalue weighted by molar-refractivity contribution is 0.0605. The molecule has 0 bridgehead atoms. The quantitative estimate of drug-likeness (QED) is 0.835. The van der Waals surface area contributed by atoms with E-state index in [9.17, 15) is 4.79 Å². The highest BCUT2D eigenvalue weighted by atomic mass is 35.5. The summed E-state index contributed by atoms with van der Waals surface area (Å²) in [7, 11) is 1.34. The van der Waals surface area contributed by atoms with Crippen molar-refractivity contribution in [2.24, 2.45) is 0 Å². The van der Waals surface area contributed by atoms with Crippen LogP contribution in [-0.4, -0.2) is 18.1 Å². The predicted molar refractivity (Wildman–Crippen MR) is 82.7 cm³/mol. The van der Waals surface area contributed by atoms with Crippen molar-refractivity contribution >= 4 is 51.3 Å². The van der Waals surface area contributed by atoms with Gasteiger partial charge < -0.3 is 10.1 Å². The molecule has 2 aromatic rings. The Balaban J connectivity index is 2.36. The van der Waals surface area contributed by atoms with E-state index in [2.05, 4.69) is 10.3 Å². The van der Waals surface area contributed by atoms with Crippen molar-refractivity contribution in [1.82, 2.24) is 4.98 Å². The maximum Gasteiger partial charge on any atom is 0.350 e. The van der Waals surface area contributed by atoms with Crippen molar-refractivity contribution in [1.29, 1.82) is 0 Å². The fraction of sp³-hybridized carbons (Fsp3) is 0.231. The van der Waals surface area contributed by atoms with E-state index in [0.717, 1.165) is 5.56 Å². The maximum atomic E-state index is 11.6. The summed E-state index contributed by atoms with van der Waals surface area (Å²) >= 11 is 13.5. The first-order valence-electron chi connectivity index (χ1n) is 5.71. The van der Waals surface area contributed by atoms with Crippen molar-refractivity contribution < 1.29 is 9.53 Å². The minimum Gasteiger partial charge on any atom is -0.465 e. The third-order valence-electron chi connectivity index (χ3n) is 2.68. The topological polar surface area (TPSA) is 51.2 Å². The monoisotopic (exact) mass is 330 g/mol. The second-order valence-electron chi connectivity index (χ2n) is 4.10. The first kappa shape index (κ1) is 15.1. The van der Waals surface area contributed by atoms with Gasteiger partial charge in [0, 0.05) is 0 Å². The molecular formula is C13H12Cl2N2O2S. The smallest absolute Gasteiger partial charge is 0.350 e. The standard InChI is InChI=1S/C13H12Cl2N2O2S/c1-6-4-5-8(14)10(9(6)15)17-13-16-7(2)11(20-13)12(18)19-3/h4-5H,1-3H3,(H,16,17). The van der Waals surface area contributed by atoms with Gasteiger partial charge >= 0.3 is 5.97 Å². The average molecular weight is 331 g/mol. The van der Waals surface area contributed by atoms with Gasteiger partial charge in [-0.05, 0) is 25.5 Å². The van der Waals surface area contributed by atoms with Crippen LogP contribution in [0.2, 0.25) is 10.0 Å². The number of methoxy groups -OCH3 is 1. The molecule has 1 aromatic carbocycles. The van der Waals surface area contributed by atoms with Gasteiger partial charge in [-0.3, -0.25) is 0 Å². The summed E-state index contributed by atoms with van der Waals surface area (Å²) in [5.74, 6) is -0.408. The summed E-state index contributed by atoms with van der Waals surface area (Å²) in [6, 6.07) is 3.59. The highest BCUT2D eigenvalue weighted by molar-refractivity contribution is 7.17. The van der Waals surface area contributed by atoms with E-state index in [0.29, 0.717) is 31.4 Å². The van der Waals surface area contributed by atoms with E-state index in [-0.39, 0.29) is 0 Å². The van der Waals surface area contributed by atoms with E-state index in [1.165, 1.54) is 18.4 Å². The maximum absolute atomic E-state index is 11.6. The summed E-state index contributed by atoms with van der Waals surface area (Å²) in [5.41, 5.74) is 2.09. The molecule has 20 heavy (non-hydrogen) atoms. The molecule has 0 amide bonds. The third kappa shape index (κ3) is 2.90. The number of carbonyl (C=O) groups excluding carboxylic acids is 1. The Labute approximate surface area is 130 Å². The van der Waals surface area contributed by atoms with Crippen LogP contribution in [-0.2, 0) is 4.74 Å². The van der Waals surface area contributed by atoms with Gasteiger partial charge in [-0.1, -0.05) is 40.6 Å². The van der Waals surface area contributed by atoms with Gasteiger partial charge in [0.1, 0.15) is 4.88 Å². The Hall–Kier alpha value is -1.30. The molecule has 1 N–H and O–H groups in total. The fourth-order valence-corrected chi connectivity index (χ4v) is 2.96. The number of thiazole rings is 1. The third-order valence-corrected chi connectivity index (χ3v) is 4.54. The number of hydrogen-bond acceptors (Lipinski definition) is 5.